The zero-order chi connectivity index (χ0) is 14.0. The Morgan fingerprint density at radius 3 is 2.58 bits per heavy atom. The van der Waals surface area contributed by atoms with Gasteiger partial charge < -0.3 is 20.3 Å². The Hall–Kier alpha value is -2.43. The average molecular weight is 259 g/mol. The number of aryl methyl sites for hydroxylation is 1. The van der Waals surface area contributed by atoms with E-state index in [0.717, 1.165) is 0 Å². The average Bonchev–Trinajstić information content (AvgIpc) is 2.79. The minimum Gasteiger partial charge on any atom is -0.508 e. The highest BCUT2D eigenvalue weighted by Crippen LogP contribution is 2.20. The third kappa shape index (κ3) is 2.54. The van der Waals surface area contributed by atoms with Gasteiger partial charge in [0.25, 0.3) is 5.91 Å². The Morgan fingerprint density at radius 1 is 1.37 bits per heavy atom. The van der Waals surface area contributed by atoms with Crippen LogP contribution < -0.4 is 10.6 Å². The SMILES string of the molecule is CCn1cc(N)cc1C(=O)N(C)c1ccc(O)cc1. The van der Waals surface area contributed by atoms with E-state index in [9.17, 15) is 9.90 Å². The monoisotopic (exact) mass is 259 g/mol. The van der Waals surface area contributed by atoms with Crippen LogP contribution in [0.3, 0.4) is 0 Å². The first kappa shape index (κ1) is 13.0. The number of aromatic nitrogens is 1. The van der Waals surface area contributed by atoms with Crippen molar-refractivity contribution in [3.05, 3.63) is 42.2 Å². The summed E-state index contributed by atoms with van der Waals surface area (Å²) < 4.78 is 1.81. The van der Waals surface area contributed by atoms with E-state index in [1.54, 1.807) is 43.6 Å². The zero-order valence-corrected chi connectivity index (χ0v) is 11.0. The fraction of sp³-hybridized carbons (Fsp3) is 0.214. The summed E-state index contributed by atoms with van der Waals surface area (Å²) in [6.07, 6.45) is 1.75. The van der Waals surface area contributed by atoms with Gasteiger partial charge in [0.2, 0.25) is 0 Å². The normalized spacial score (nSPS) is 10.4. The van der Waals surface area contributed by atoms with Gasteiger partial charge in [0.1, 0.15) is 11.4 Å². The number of nitrogen functional groups attached to an aromatic ring is 1. The molecule has 0 atom stereocenters. The highest BCUT2D eigenvalue weighted by atomic mass is 16.3. The van der Waals surface area contributed by atoms with Gasteiger partial charge in [-0.05, 0) is 37.3 Å². The molecule has 5 heteroatoms. The molecule has 0 bridgehead atoms. The molecule has 0 spiro atoms. The molecule has 1 heterocycles. The second kappa shape index (κ2) is 5.06. The van der Waals surface area contributed by atoms with Crippen molar-refractivity contribution in [2.75, 3.05) is 17.7 Å². The van der Waals surface area contributed by atoms with Crippen LogP contribution in [0.5, 0.6) is 5.75 Å². The standard InChI is InChI=1S/C14H17N3O2/c1-3-17-9-10(15)8-13(17)14(19)16(2)11-4-6-12(18)7-5-11/h4-9,18H,3,15H2,1-2H3. The first-order valence-electron chi connectivity index (χ1n) is 6.05. The minimum absolute atomic E-state index is 0.135. The van der Waals surface area contributed by atoms with E-state index in [1.807, 2.05) is 11.5 Å². The molecule has 0 saturated carbocycles. The van der Waals surface area contributed by atoms with E-state index in [1.165, 1.54) is 4.90 Å². The number of anilines is 2. The number of benzene rings is 1. The molecule has 0 radical (unpaired) electrons. The van der Waals surface area contributed by atoms with Gasteiger partial charge in [-0.1, -0.05) is 0 Å². The van der Waals surface area contributed by atoms with E-state index in [2.05, 4.69) is 0 Å². The maximum Gasteiger partial charge on any atom is 0.274 e. The molecule has 2 rings (SSSR count). The fourth-order valence-corrected chi connectivity index (χ4v) is 1.94. The number of nitrogens with two attached hydrogens (primary N) is 1. The lowest BCUT2D eigenvalue weighted by atomic mass is 10.2. The highest BCUT2D eigenvalue weighted by Gasteiger charge is 2.17. The van der Waals surface area contributed by atoms with Crippen molar-refractivity contribution >= 4 is 17.3 Å². The minimum atomic E-state index is -0.135. The predicted molar refractivity (Wildman–Crippen MR) is 75.4 cm³/mol. The Kier molecular flexibility index (Phi) is 3.46. The molecule has 0 saturated heterocycles. The zero-order valence-electron chi connectivity index (χ0n) is 11.0. The lowest BCUT2D eigenvalue weighted by molar-refractivity contribution is 0.0984. The predicted octanol–water partition coefficient (Wildman–Crippen LogP) is 2.07. The van der Waals surface area contributed by atoms with Gasteiger partial charge in [-0.25, -0.2) is 0 Å². The van der Waals surface area contributed by atoms with Crippen LogP contribution in [-0.4, -0.2) is 22.6 Å². The molecular formula is C14H17N3O2. The molecule has 1 aromatic heterocycles. The maximum atomic E-state index is 12.4. The van der Waals surface area contributed by atoms with Crippen LogP contribution >= 0.6 is 0 Å². The summed E-state index contributed by atoms with van der Waals surface area (Å²) in [7, 11) is 1.69. The number of hydrogen-bond donors (Lipinski definition) is 2. The summed E-state index contributed by atoms with van der Waals surface area (Å²) in [5.41, 5.74) is 7.56. The van der Waals surface area contributed by atoms with Crippen molar-refractivity contribution in [3.8, 4) is 5.75 Å². The summed E-state index contributed by atoms with van der Waals surface area (Å²) in [6.45, 7) is 2.64. The first-order valence-corrected chi connectivity index (χ1v) is 6.05. The van der Waals surface area contributed by atoms with E-state index < -0.39 is 0 Å². The molecule has 5 nitrogen and oxygen atoms in total. The Morgan fingerprint density at radius 2 is 2.00 bits per heavy atom. The topological polar surface area (TPSA) is 71.5 Å². The van der Waals surface area contributed by atoms with E-state index in [-0.39, 0.29) is 11.7 Å². The fourth-order valence-electron chi connectivity index (χ4n) is 1.94. The molecule has 2 aromatic rings. The van der Waals surface area contributed by atoms with Gasteiger partial charge >= 0.3 is 0 Å². The number of phenolic OH excluding ortho intramolecular Hbond substituents is 1. The molecular weight excluding hydrogens is 242 g/mol. The van der Waals surface area contributed by atoms with Crippen LogP contribution in [0.1, 0.15) is 17.4 Å². The molecule has 0 aliphatic heterocycles. The second-order valence-corrected chi connectivity index (χ2v) is 4.33. The molecule has 1 aromatic carbocycles. The van der Waals surface area contributed by atoms with Crippen LogP contribution in [0.2, 0.25) is 0 Å². The lowest BCUT2D eigenvalue weighted by Gasteiger charge is -2.18. The van der Waals surface area contributed by atoms with Gasteiger partial charge in [-0.3, -0.25) is 4.79 Å². The molecule has 0 aliphatic carbocycles. The van der Waals surface area contributed by atoms with Gasteiger partial charge in [-0.2, -0.15) is 0 Å². The summed E-state index contributed by atoms with van der Waals surface area (Å²) >= 11 is 0. The third-order valence-electron chi connectivity index (χ3n) is 3.02. The Labute approximate surface area is 111 Å². The van der Waals surface area contributed by atoms with Gasteiger partial charge in [-0.15, -0.1) is 0 Å². The number of nitrogens with zero attached hydrogens (tertiary/aromatic N) is 2. The first-order chi connectivity index (χ1) is 9.02. The number of phenols is 1. The number of hydrogen-bond acceptors (Lipinski definition) is 3. The van der Waals surface area contributed by atoms with Crippen LogP contribution in [0.15, 0.2) is 36.5 Å². The number of rotatable bonds is 3. The highest BCUT2D eigenvalue weighted by molar-refractivity contribution is 6.05. The van der Waals surface area contributed by atoms with E-state index in [0.29, 0.717) is 23.6 Å². The Balaban J connectivity index is 2.30. The van der Waals surface area contributed by atoms with Gasteiger partial charge in [0.05, 0.1) is 5.69 Å². The van der Waals surface area contributed by atoms with Crippen molar-refractivity contribution in [2.45, 2.75) is 13.5 Å². The van der Waals surface area contributed by atoms with Crippen molar-refractivity contribution in [1.82, 2.24) is 4.57 Å². The van der Waals surface area contributed by atoms with Crippen molar-refractivity contribution in [3.63, 3.8) is 0 Å². The van der Waals surface area contributed by atoms with Crippen molar-refractivity contribution in [2.24, 2.45) is 0 Å². The summed E-state index contributed by atoms with van der Waals surface area (Å²) in [5, 5.41) is 9.26. The van der Waals surface area contributed by atoms with Crippen LogP contribution in [0.25, 0.3) is 0 Å². The summed E-state index contributed by atoms with van der Waals surface area (Å²) in [4.78, 5) is 13.9. The van der Waals surface area contributed by atoms with Crippen molar-refractivity contribution < 1.29 is 9.90 Å². The molecule has 19 heavy (non-hydrogen) atoms. The molecule has 0 aliphatic rings. The van der Waals surface area contributed by atoms with Gasteiger partial charge in [0, 0.05) is 25.5 Å². The molecule has 0 unspecified atom stereocenters. The maximum absolute atomic E-state index is 12.4. The van der Waals surface area contributed by atoms with Gasteiger partial charge in [0.15, 0.2) is 0 Å². The molecule has 0 fully saturated rings. The smallest absolute Gasteiger partial charge is 0.274 e. The number of carbonyl (C=O) groups excluding carboxylic acids is 1. The Bertz CT molecular complexity index is 587. The van der Waals surface area contributed by atoms with Crippen LogP contribution in [0, 0.1) is 0 Å². The largest absolute Gasteiger partial charge is 0.508 e. The molecule has 1 amide bonds. The van der Waals surface area contributed by atoms with Crippen molar-refractivity contribution in [1.29, 1.82) is 0 Å². The van der Waals surface area contributed by atoms with E-state index in [4.69, 9.17) is 5.73 Å². The summed E-state index contributed by atoms with van der Waals surface area (Å²) in [5.74, 6) is 0.0371. The number of amides is 1. The van der Waals surface area contributed by atoms with Crippen LogP contribution in [0.4, 0.5) is 11.4 Å². The summed E-state index contributed by atoms with van der Waals surface area (Å²) in [6, 6.07) is 8.15. The number of aromatic hydroxyl groups is 1. The van der Waals surface area contributed by atoms with E-state index >= 15 is 0 Å². The molecule has 3 N–H and O–H groups in total. The third-order valence-corrected chi connectivity index (χ3v) is 3.02. The molecule has 100 valence electrons. The lowest BCUT2D eigenvalue weighted by Crippen LogP contribution is -2.28. The number of carbonyl (C=O) groups is 1. The van der Waals surface area contributed by atoms with Crippen LogP contribution in [-0.2, 0) is 6.54 Å². The second-order valence-electron chi connectivity index (χ2n) is 4.33. The quantitative estimate of drug-likeness (QED) is 0.886.